The summed E-state index contributed by atoms with van der Waals surface area (Å²) in [6.07, 6.45) is 8.23. The Morgan fingerprint density at radius 2 is 2.23 bits per heavy atom. The van der Waals surface area contributed by atoms with Gasteiger partial charge in [-0.05, 0) is 32.9 Å². The summed E-state index contributed by atoms with van der Waals surface area (Å²) in [7, 11) is 2.26. The monoisotopic (exact) mass is 247 g/mol. The van der Waals surface area contributed by atoms with Crippen molar-refractivity contribution in [1.29, 1.82) is 0 Å². The highest BCUT2D eigenvalue weighted by Crippen LogP contribution is 2.26. The minimum absolute atomic E-state index is 0.728. The van der Waals surface area contributed by atoms with E-state index < -0.39 is 0 Å². The number of alkyl halides is 1. The number of hydrogen-bond donors (Lipinski definition) is 0. The Kier molecular flexibility index (Phi) is 5.34. The van der Waals surface area contributed by atoms with Crippen molar-refractivity contribution >= 4 is 15.9 Å². The number of likely N-dealkylation sites (tertiary alicyclic amines) is 1. The summed E-state index contributed by atoms with van der Waals surface area (Å²) < 4.78 is 0. The molecule has 0 bridgehead atoms. The molecular weight excluding hydrogens is 226 g/mol. The van der Waals surface area contributed by atoms with Crippen LogP contribution >= 0.6 is 15.9 Å². The molecule has 0 aromatic carbocycles. The fourth-order valence-electron chi connectivity index (χ4n) is 2.17. The van der Waals surface area contributed by atoms with Gasteiger partial charge in [0.15, 0.2) is 0 Å². The molecule has 2 atom stereocenters. The lowest BCUT2D eigenvalue weighted by Crippen LogP contribution is -2.32. The predicted molar refractivity (Wildman–Crippen MR) is 62.5 cm³/mol. The highest BCUT2D eigenvalue weighted by molar-refractivity contribution is 9.09. The van der Waals surface area contributed by atoms with E-state index in [1.165, 1.54) is 45.1 Å². The lowest BCUT2D eigenvalue weighted by Gasteiger charge is -2.24. The maximum atomic E-state index is 3.83. The number of nitrogens with zero attached hydrogens (tertiary/aromatic N) is 1. The van der Waals surface area contributed by atoms with Crippen LogP contribution in [0.1, 0.15) is 45.4 Å². The number of halogens is 1. The molecule has 1 nitrogen and oxygen atoms in total. The summed E-state index contributed by atoms with van der Waals surface area (Å²) in [6.45, 7) is 3.56. The molecule has 78 valence electrons. The van der Waals surface area contributed by atoms with E-state index in [0.29, 0.717) is 0 Å². The van der Waals surface area contributed by atoms with Crippen LogP contribution in [0, 0.1) is 0 Å². The number of rotatable bonds is 5. The van der Waals surface area contributed by atoms with Crippen LogP contribution in [0.3, 0.4) is 0 Å². The third kappa shape index (κ3) is 3.59. The Morgan fingerprint density at radius 3 is 2.77 bits per heavy atom. The minimum Gasteiger partial charge on any atom is -0.302 e. The third-order valence-electron chi connectivity index (χ3n) is 3.08. The van der Waals surface area contributed by atoms with Crippen molar-refractivity contribution in [2.24, 2.45) is 0 Å². The second kappa shape index (κ2) is 6.02. The van der Waals surface area contributed by atoms with Crippen LogP contribution in [0.5, 0.6) is 0 Å². The number of unbranched alkanes of at least 4 members (excludes halogenated alkanes) is 2. The van der Waals surface area contributed by atoms with Crippen molar-refractivity contribution in [3.8, 4) is 0 Å². The van der Waals surface area contributed by atoms with Gasteiger partial charge in [0.25, 0.3) is 0 Å². The molecule has 0 spiro atoms. The van der Waals surface area contributed by atoms with Gasteiger partial charge in [0.2, 0.25) is 0 Å². The molecular formula is C11H22BrN. The summed E-state index contributed by atoms with van der Waals surface area (Å²) in [5.41, 5.74) is 0. The first-order chi connectivity index (χ1) is 6.25. The van der Waals surface area contributed by atoms with Gasteiger partial charge in [-0.25, -0.2) is 0 Å². The Labute approximate surface area is 91.0 Å². The van der Waals surface area contributed by atoms with Crippen LogP contribution in [-0.4, -0.2) is 29.4 Å². The summed E-state index contributed by atoms with van der Waals surface area (Å²) in [5, 5.41) is 0. The van der Waals surface area contributed by atoms with Gasteiger partial charge in [-0.15, -0.1) is 0 Å². The van der Waals surface area contributed by atoms with Crippen molar-refractivity contribution in [2.75, 3.05) is 13.6 Å². The van der Waals surface area contributed by atoms with E-state index in [0.717, 1.165) is 10.9 Å². The van der Waals surface area contributed by atoms with E-state index in [1.807, 2.05) is 0 Å². The smallest absolute Gasteiger partial charge is 0.0301 e. The fourth-order valence-corrected chi connectivity index (χ4v) is 3.17. The van der Waals surface area contributed by atoms with E-state index in [1.54, 1.807) is 0 Å². The quantitative estimate of drug-likeness (QED) is 0.532. The second-order valence-electron chi connectivity index (χ2n) is 4.20. The van der Waals surface area contributed by atoms with Gasteiger partial charge < -0.3 is 4.90 Å². The predicted octanol–water partition coefficient (Wildman–Crippen LogP) is 3.42. The molecule has 1 rings (SSSR count). The molecule has 2 unspecified atom stereocenters. The van der Waals surface area contributed by atoms with Crippen molar-refractivity contribution in [3.05, 3.63) is 0 Å². The zero-order valence-corrected chi connectivity index (χ0v) is 10.5. The Bertz CT molecular complexity index is 138. The molecule has 0 N–H and O–H groups in total. The Morgan fingerprint density at radius 1 is 1.46 bits per heavy atom. The molecule has 0 amide bonds. The van der Waals surface area contributed by atoms with Gasteiger partial charge >= 0.3 is 0 Å². The van der Waals surface area contributed by atoms with Crippen LogP contribution in [0.2, 0.25) is 0 Å². The van der Waals surface area contributed by atoms with Gasteiger partial charge in [-0.1, -0.05) is 42.1 Å². The Balaban J connectivity index is 2.18. The molecule has 1 aliphatic rings. The van der Waals surface area contributed by atoms with Crippen molar-refractivity contribution < 1.29 is 0 Å². The summed E-state index contributed by atoms with van der Waals surface area (Å²) in [5.74, 6) is 0. The average molecular weight is 248 g/mol. The molecule has 1 saturated heterocycles. The van der Waals surface area contributed by atoms with E-state index in [-0.39, 0.29) is 0 Å². The van der Waals surface area contributed by atoms with E-state index in [9.17, 15) is 0 Å². The van der Waals surface area contributed by atoms with Crippen molar-refractivity contribution in [2.45, 2.75) is 56.3 Å². The minimum atomic E-state index is 0.728. The van der Waals surface area contributed by atoms with Crippen molar-refractivity contribution in [1.82, 2.24) is 4.90 Å². The SMILES string of the molecule is CCCCCC(Br)C1CCCN1C. The topological polar surface area (TPSA) is 3.24 Å². The molecule has 0 aromatic heterocycles. The molecule has 1 heterocycles. The van der Waals surface area contributed by atoms with Gasteiger partial charge in [-0.3, -0.25) is 0 Å². The first-order valence-electron chi connectivity index (χ1n) is 5.60. The van der Waals surface area contributed by atoms with Gasteiger partial charge in [0, 0.05) is 10.9 Å². The molecule has 0 radical (unpaired) electrons. The number of hydrogen-bond acceptors (Lipinski definition) is 1. The highest BCUT2D eigenvalue weighted by Gasteiger charge is 2.26. The summed E-state index contributed by atoms with van der Waals surface area (Å²) in [4.78, 5) is 3.23. The normalized spacial score (nSPS) is 26.5. The van der Waals surface area contributed by atoms with Gasteiger partial charge in [-0.2, -0.15) is 0 Å². The maximum absolute atomic E-state index is 3.83. The van der Waals surface area contributed by atoms with E-state index >= 15 is 0 Å². The van der Waals surface area contributed by atoms with E-state index in [2.05, 4.69) is 34.8 Å². The first kappa shape index (κ1) is 11.5. The molecule has 0 saturated carbocycles. The maximum Gasteiger partial charge on any atom is 0.0301 e. The van der Waals surface area contributed by atoms with Gasteiger partial charge in [0.1, 0.15) is 0 Å². The zero-order chi connectivity index (χ0) is 9.68. The average Bonchev–Trinajstić information content (AvgIpc) is 2.52. The fraction of sp³-hybridized carbons (Fsp3) is 1.00. The summed E-state index contributed by atoms with van der Waals surface area (Å²) >= 11 is 3.83. The standard InChI is InChI=1S/C11H22BrN/c1-3-4-5-7-10(12)11-8-6-9-13(11)2/h10-11H,3-9H2,1-2H3. The lowest BCUT2D eigenvalue weighted by molar-refractivity contribution is 0.299. The van der Waals surface area contributed by atoms with Crippen LogP contribution in [0.4, 0.5) is 0 Å². The summed E-state index contributed by atoms with van der Waals surface area (Å²) in [6, 6.07) is 0.803. The van der Waals surface area contributed by atoms with Crippen LogP contribution in [0.15, 0.2) is 0 Å². The van der Waals surface area contributed by atoms with Crippen molar-refractivity contribution in [3.63, 3.8) is 0 Å². The van der Waals surface area contributed by atoms with Crippen LogP contribution < -0.4 is 0 Å². The molecule has 1 aliphatic heterocycles. The van der Waals surface area contributed by atoms with Gasteiger partial charge in [0.05, 0.1) is 0 Å². The molecule has 13 heavy (non-hydrogen) atoms. The first-order valence-corrected chi connectivity index (χ1v) is 6.51. The third-order valence-corrected chi connectivity index (χ3v) is 4.15. The second-order valence-corrected chi connectivity index (χ2v) is 5.38. The molecule has 2 heteroatoms. The largest absolute Gasteiger partial charge is 0.302 e. The van der Waals surface area contributed by atoms with E-state index in [4.69, 9.17) is 0 Å². The Hall–Kier alpha value is 0.440. The van der Waals surface area contributed by atoms with Crippen LogP contribution in [0.25, 0.3) is 0 Å². The lowest BCUT2D eigenvalue weighted by atomic mass is 10.1. The highest BCUT2D eigenvalue weighted by atomic mass is 79.9. The molecule has 0 aromatic rings. The molecule has 1 fully saturated rings. The zero-order valence-electron chi connectivity index (χ0n) is 8.93. The van der Waals surface area contributed by atoms with Crippen LogP contribution in [-0.2, 0) is 0 Å². The molecule has 0 aliphatic carbocycles.